The number of furan rings is 1. The van der Waals surface area contributed by atoms with Gasteiger partial charge in [-0.3, -0.25) is 29.4 Å². The second-order valence-electron chi connectivity index (χ2n) is 11.4. The van der Waals surface area contributed by atoms with Gasteiger partial charge in [-0.25, -0.2) is 0 Å². The highest BCUT2D eigenvalue weighted by Crippen LogP contribution is 2.54. The van der Waals surface area contributed by atoms with Crippen LogP contribution in [0.4, 0.5) is 17.3 Å². The summed E-state index contributed by atoms with van der Waals surface area (Å²) in [5.41, 5.74) is 2.55. The third-order valence-corrected chi connectivity index (χ3v) is 8.46. The molecule has 3 aliphatic rings. The third-order valence-electron chi connectivity index (χ3n) is 8.46. The molecule has 1 aromatic heterocycles. The molecule has 1 heterocycles. The molecule has 0 bridgehead atoms. The molecule has 1 fully saturated rings. The van der Waals surface area contributed by atoms with Gasteiger partial charge in [-0.1, -0.05) is 0 Å². The maximum Gasteiger partial charge on any atom is 0.433 e. The van der Waals surface area contributed by atoms with Crippen LogP contribution in [0.25, 0.3) is 5.76 Å². The summed E-state index contributed by atoms with van der Waals surface area (Å²) in [6.07, 6.45) is 0.0942. The summed E-state index contributed by atoms with van der Waals surface area (Å²) < 4.78 is 5.16. The van der Waals surface area contributed by atoms with E-state index in [2.05, 4.69) is 5.32 Å². The van der Waals surface area contributed by atoms with Crippen molar-refractivity contribution in [2.45, 2.75) is 31.0 Å². The lowest BCUT2D eigenvalue weighted by Crippen LogP contribution is -2.65. The molecule has 0 aliphatic heterocycles. The number of rotatable bonds is 7. The monoisotopic (exact) mass is 597 g/mol. The van der Waals surface area contributed by atoms with Crippen LogP contribution in [0.15, 0.2) is 39.5 Å². The number of aliphatic hydroxyl groups excluding tert-OH is 2. The van der Waals surface area contributed by atoms with Crippen molar-refractivity contribution in [1.29, 1.82) is 0 Å². The summed E-state index contributed by atoms with van der Waals surface area (Å²) in [5, 5.41) is 59.5. The lowest BCUT2D eigenvalue weighted by Gasteiger charge is -2.50. The normalized spacial score (nSPS) is 24.9. The van der Waals surface area contributed by atoms with E-state index < -0.39 is 74.6 Å². The fourth-order valence-corrected chi connectivity index (χ4v) is 6.57. The van der Waals surface area contributed by atoms with Gasteiger partial charge in [0.1, 0.15) is 33.5 Å². The Hall–Kier alpha value is -4.89. The van der Waals surface area contributed by atoms with Gasteiger partial charge in [-0.15, -0.1) is 0 Å². The van der Waals surface area contributed by atoms with Crippen LogP contribution >= 0.6 is 0 Å². The fourth-order valence-electron chi connectivity index (χ4n) is 6.57. The van der Waals surface area contributed by atoms with E-state index in [0.29, 0.717) is 11.3 Å². The first kappa shape index (κ1) is 29.6. The third kappa shape index (κ3) is 4.30. The number of nitrogens with one attached hydrogen (secondary N) is 1. The number of hydrogen-bond acceptors (Lipinski definition) is 13. The Bertz CT molecular complexity index is 1650. The second-order valence-corrected chi connectivity index (χ2v) is 11.4. The summed E-state index contributed by atoms with van der Waals surface area (Å²) in [5.74, 6) is -7.64. The highest BCUT2D eigenvalue weighted by Gasteiger charge is 2.64. The highest BCUT2D eigenvalue weighted by molar-refractivity contribution is 6.24. The van der Waals surface area contributed by atoms with Gasteiger partial charge < -0.3 is 40.8 Å². The van der Waals surface area contributed by atoms with Crippen LogP contribution < -0.4 is 16.0 Å². The number of primary amides is 1. The summed E-state index contributed by atoms with van der Waals surface area (Å²) in [6, 6.07) is 3.02. The quantitative estimate of drug-likeness (QED) is 0.114. The van der Waals surface area contributed by atoms with Gasteiger partial charge >= 0.3 is 5.88 Å². The summed E-state index contributed by atoms with van der Waals surface area (Å²) in [7, 11) is 6.54. The van der Waals surface area contributed by atoms with E-state index in [4.69, 9.17) is 10.2 Å². The molecule has 228 valence electrons. The van der Waals surface area contributed by atoms with Crippen LogP contribution in [0.3, 0.4) is 0 Å². The van der Waals surface area contributed by atoms with Crippen LogP contribution in [0, 0.1) is 22.0 Å². The van der Waals surface area contributed by atoms with Gasteiger partial charge in [-0.05, 0) is 50.6 Å². The molecule has 0 radical (unpaired) electrons. The summed E-state index contributed by atoms with van der Waals surface area (Å²) in [6.45, 7) is -0.0676. The molecule has 1 amide bonds. The predicted molar refractivity (Wildman–Crippen MR) is 151 cm³/mol. The number of ketones is 2. The van der Waals surface area contributed by atoms with Crippen molar-refractivity contribution in [3.63, 3.8) is 0 Å². The number of nitrogens with zero attached hydrogens (tertiary/aromatic N) is 3. The lowest BCUT2D eigenvalue weighted by atomic mass is 9.57. The number of phenols is 1. The zero-order valence-corrected chi connectivity index (χ0v) is 23.7. The maximum atomic E-state index is 14.1. The number of Topliss-reactive ketones (excluding diaryl/α,β-unsaturated/α-hetero) is 2. The Labute approximate surface area is 244 Å². The van der Waals surface area contributed by atoms with E-state index in [1.807, 2.05) is 0 Å². The average Bonchev–Trinajstić information content (AvgIpc) is 3.39. The average molecular weight is 598 g/mol. The molecule has 43 heavy (non-hydrogen) atoms. The molecule has 4 atom stereocenters. The Morgan fingerprint density at radius 1 is 1.21 bits per heavy atom. The molecule has 0 saturated heterocycles. The summed E-state index contributed by atoms with van der Waals surface area (Å²) >= 11 is 0. The number of fused-ring (bicyclic) bond motifs is 3. The number of benzene rings is 1. The van der Waals surface area contributed by atoms with Crippen molar-refractivity contribution < 1.29 is 44.2 Å². The van der Waals surface area contributed by atoms with Crippen molar-refractivity contribution in [3.8, 4) is 5.75 Å². The fraction of sp³-hybridized carbons (Fsp3) is 0.393. The van der Waals surface area contributed by atoms with E-state index in [1.165, 1.54) is 31.1 Å². The number of carbonyl (C=O) groups is 3. The second kappa shape index (κ2) is 10.1. The number of likely N-dealkylation sites (N-methyl/N-ethyl adjacent to an activating group) is 1. The molecule has 15 nitrogen and oxygen atoms in total. The summed E-state index contributed by atoms with van der Waals surface area (Å²) in [4.78, 5) is 52.9. The number of aliphatic hydroxyl groups is 3. The van der Waals surface area contributed by atoms with Gasteiger partial charge in [0.25, 0.3) is 5.91 Å². The Morgan fingerprint density at radius 2 is 1.88 bits per heavy atom. The van der Waals surface area contributed by atoms with Crippen LogP contribution in [0.1, 0.15) is 23.3 Å². The van der Waals surface area contributed by atoms with Gasteiger partial charge in [0, 0.05) is 31.3 Å². The molecular weight excluding hydrogens is 566 g/mol. The van der Waals surface area contributed by atoms with Gasteiger partial charge in [-0.2, -0.15) is 0 Å². The lowest BCUT2D eigenvalue weighted by molar-refractivity contribution is -0.402. The molecule has 5 rings (SSSR count). The zero-order chi connectivity index (χ0) is 31.7. The van der Waals surface area contributed by atoms with Crippen LogP contribution in [0.2, 0.25) is 0 Å². The minimum Gasteiger partial charge on any atom is -0.508 e. The number of carbonyl (C=O) groups excluding carboxylic acids is 3. The largest absolute Gasteiger partial charge is 0.508 e. The first-order chi connectivity index (χ1) is 20.1. The smallest absolute Gasteiger partial charge is 0.433 e. The molecule has 0 unspecified atom stereocenters. The van der Waals surface area contributed by atoms with Gasteiger partial charge in [0.2, 0.25) is 5.78 Å². The van der Waals surface area contributed by atoms with E-state index in [1.54, 1.807) is 25.1 Å². The maximum absolute atomic E-state index is 14.1. The predicted octanol–water partition coefficient (Wildman–Crippen LogP) is 1.14. The number of amides is 1. The van der Waals surface area contributed by atoms with Crippen molar-refractivity contribution in [3.05, 3.63) is 62.1 Å². The van der Waals surface area contributed by atoms with Crippen molar-refractivity contribution in [2.75, 3.05) is 38.4 Å². The standard InChI is InChI=1S/C28H31N5O10/c1-31(2)16-9-15(30-10-12-5-6-17(43-12)33(41)42)22(34)19-13(16)7-11-8-14-21(32(3)4)24(36)20(27(29)39)26(38)28(14,40)25(37)18(11)23(19)35/h5-6,9,11,14,21,30,34-35,38,40H,7-8,10H2,1-4H3,(H2,29,39)/t11-,14+,21+,28+/m1/s1. The van der Waals surface area contributed by atoms with Crippen molar-refractivity contribution >= 4 is 40.5 Å². The molecule has 1 aromatic carbocycles. The SMILES string of the molecule is CN(C)c1cc(NCc2ccc([N+](=O)[O-])o2)c(O)c2c1C[C@@H]1C[C@H]3[C@H](N(C)C)C(=O)C(C(N)=O)=C(O)[C@@]3(O)C(=O)C1=C2O. The number of aromatic hydroxyl groups is 1. The molecule has 1 saturated carbocycles. The Balaban J connectivity index is 1.64. The first-order valence-electron chi connectivity index (χ1n) is 13.3. The topological polar surface area (TPSA) is 233 Å². The van der Waals surface area contributed by atoms with Crippen LogP contribution in [-0.2, 0) is 27.3 Å². The minimum atomic E-state index is -2.74. The van der Waals surface area contributed by atoms with Crippen molar-refractivity contribution in [2.24, 2.45) is 17.6 Å². The van der Waals surface area contributed by atoms with E-state index in [9.17, 15) is 44.9 Å². The van der Waals surface area contributed by atoms with Gasteiger partial charge in [0.05, 0.1) is 29.9 Å². The van der Waals surface area contributed by atoms with Crippen LogP contribution in [0.5, 0.6) is 5.75 Å². The first-order valence-corrected chi connectivity index (χ1v) is 13.3. The molecule has 0 spiro atoms. The molecule has 3 aliphatic carbocycles. The number of anilines is 2. The van der Waals surface area contributed by atoms with E-state index >= 15 is 0 Å². The zero-order valence-electron chi connectivity index (χ0n) is 23.7. The van der Waals surface area contributed by atoms with Gasteiger partial charge in [0.15, 0.2) is 11.4 Å². The molecule has 2 aromatic rings. The highest BCUT2D eigenvalue weighted by atomic mass is 16.6. The van der Waals surface area contributed by atoms with E-state index in [0.717, 1.165) is 0 Å². The molecule has 7 N–H and O–H groups in total. The Kier molecular flexibility index (Phi) is 6.97. The number of nitrogens with two attached hydrogens (primary N) is 1. The molecule has 15 heteroatoms. The van der Waals surface area contributed by atoms with E-state index in [-0.39, 0.29) is 42.0 Å². The van der Waals surface area contributed by atoms with Crippen LogP contribution in [-0.4, -0.2) is 87.6 Å². The minimum absolute atomic E-state index is 0.0311. The number of nitro groups is 1. The molecular formula is C28H31N5O10. The number of phenolic OH excluding ortho intramolecular Hbond substituents is 1. The number of hydrogen-bond donors (Lipinski definition) is 6. The van der Waals surface area contributed by atoms with Crippen molar-refractivity contribution in [1.82, 2.24) is 4.90 Å². The Morgan fingerprint density at radius 3 is 2.44 bits per heavy atom.